The van der Waals surface area contributed by atoms with Gasteiger partial charge in [0, 0.05) is 22.2 Å². The molecule has 2 aromatic rings. The smallest absolute Gasteiger partial charge is 0.131 e. The van der Waals surface area contributed by atoms with Crippen molar-refractivity contribution >= 4 is 11.6 Å². The summed E-state index contributed by atoms with van der Waals surface area (Å²) in [6.45, 7) is 2.31. The van der Waals surface area contributed by atoms with E-state index in [0.29, 0.717) is 11.6 Å². The second kappa shape index (κ2) is 6.29. The topological polar surface area (TPSA) is 12.0 Å². The Balaban J connectivity index is 2.53. The molecule has 0 aromatic heterocycles. The molecule has 0 radical (unpaired) electrons. The van der Waals surface area contributed by atoms with Gasteiger partial charge in [0.25, 0.3) is 0 Å². The van der Waals surface area contributed by atoms with Gasteiger partial charge in [-0.3, -0.25) is 0 Å². The summed E-state index contributed by atoms with van der Waals surface area (Å²) >= 11 is 5.87. The predicted octanol–water partition coefficient (Wildman–Crippen LogP) is 4.46. The third-order valence-corrected chi connectivity index (χ3v) is 3.19. The van der Waals surface area contributed by atoms with Crippen LogP contribution in [0.4, 0.5) is 13.2 Å². The molecule has 0 saturated heterocycles. The maximum absolute atomic E-state index is 13.9. The Kier molecular flexibility index (Phi) is 4.68. The molecule has 2 rings (SSSR count). The van der Waals surface area contributed by atoms with Crippen molar-refractivity contribution in [2.75, 3.05) is 6.54 Å². The summed E-state index contributed by atoms with van der Waals surface area (Å²) < 4.78 is 40.8. The van der Waals surface area contributed by atoms with Crippen molar-refractivity contribution in [2.45, 2.75) is 13.0 Å². The number of benzene rings is 2. The number of hydrogen-bond acceptors (Lipinski definition) is 1. The van der Waals surface area contributed by atoms with Crippen LogP contribution in [0.1, 0.15) is 24.1 Å². The van der Waals surface area contributed by atoms with Gasteiger partial charge in [0.05, 0.1) is 6.04 Å². The Morgan fingerprint density at radius 2 is 1.75 bits per heavy atom. The average molecular weight is 300 g/mol. The van der Waals surface area contributed by atoms with Crippen LogP contribution >= 0.6 is 11.6 Å². The van der Waals surface area contributed by atoms with Gasteiger partial charge in [-0.2, -0.15) is 0 Å². The highest BCUT2D eigenvalue weighted by atomic mass is 35.5. The Morgan fingerprint density at radius 3 is 2.40 bits per heavy atom. The maximum Gasteiger partial charge on any atom is 0.131 e. The first kappa shape index (κ1) is 14.9. The van der Waals surface area contributed by atoms with Gasteiger partial charge >= 0.3 is 0 Å². The normalized spacial score (nSPS) is 12.4. The van der Waals surface area contributed by atoms with Crippen LogP contribution in [0.25, 0.3) is 0 Å². The van der Waals surface area contributed by atoms with Crippen molar-refractivity contribution in [3.8, 4) is 0 Å². The van der Waals surface area contributed by atoms with Crippen molar-refractivity contribution in [1.29, 1.82) is 0 Å². The molecule has 0 aliphatic rings. The molecule has 1 atom stereocenters. The number of halogens is 4. The van der Waals surface area contributed by atoms with E-state index in [0.717, 1.165) is 12.1 Å². The molecule has 0 fully saturated rings. The zero-order chi connectivity index (χ0) is 14.7. The summed E-state index contributed by atoms with van der Waals surface area (Å²) in [5.41, 5.74) is 0.402. The molecule has 20 heavy (non-hydrogen) atoms. The van der Waals surface area contributed by atoms with Gasteiger partial charge in [-0.05, 0) is 30.8 Å². The van der Waals surface area contributed by atoms with Crippen molar-refractivity contribution in [3.05, 3.63) is 70.0 Å². The van der Waals surface area contributed by atoms with Gasteiger partial charge in [0.15, 0.2) is 0 Å². The second-order valence-corrected chi connectivity index (χ2v) is 4.76. The van der Waals surface area contributed by atoms with E-state index in [2.05, 4.69) is 5.32 Å². The van der Waals surface area contributed by atoms with E-state index in [-0.39, 0.29) is 11.1 Å². The largest absolute Gasteiger partial charge is 0.306 e. The monoisotopic (exact) mass is 299 g/mol. The molecule has 0 heterocycles. The van der Waals surface area contributed by atoms with Crippen molar-refractivity contribution in [3.63, 3.8) is 0 Å². The summed E-state index contributed by atoms with van der Waals surface area (Å²) in [5, 5.41) is 3.34. The first-order chi connectivity index (χ1) is 9.52. The first-order valence-corrected chi connectivity index (χ1v) is 6.54. The van der Waals surface area contributed by atoms with Crippen molar-refractivity contribution < 1.29 is 13.2 Å². The van der Waals surface area contributed by atoms with Crippen LogP contribution in [-0.2, 0) is 0 Å². The van der Waals surface area contributed by atoms with E-state index in [1.54, 1.807) is 0 Å². The molecule has 0 saturated carbocycles. The molecule has 0 bridgehead atoms. The van der Waals surface area contributed by atoms with E-state index in [1.165, 1.54) is 24.3 Å². The minimum atomic E-state index is -0.727. The average Bonchev–Trinajstić information content (AvgIpc) is 2.40. The number of rotatable bonds is 4. The van der Waals surface area contributed by atoms with Crippen LogP contribution < -0.4 is 5.32 Å². The van der Waals surface area contributed by atoms with E-state index < -0.39 is 23.5 Å². The van der Waals surface area contributed by atoms with Crippen LogP contribution in [-0.4, -0.2) is 6.54 Å². The lowest BCUT2D eigenvalue weighted by atomic mass is 9.97. The fraction of sp³-hybridized carbons (Fsp3) is 0.200. The molecule has 5 heteroatoms. The van der Waals surface area contributed by atoms with Gasteiger partial charge in [-0.1, -0.05) is 24.6 Å². The quantitative estimate of drug-likeness (QED) is 0.879. The molecule has 0 aliphatic heterocycles. The molecule has 0 aliphatic carbocycles. The molecule has 1 nitrogen and oxygen atoms in total. The molecule has 2 aromatic carbocycles. The highest BCUT2D eigenvalue weighted by Crippen LogP contribution is 2.28. The Morgan fingerprint density at radius 1 is 1.00 bits per heavy atom. The summed E-state index contributed by atoms with van der Waals surface area (Å²) in [5.74, 6) is -1.90. The van der Waals surface area contributed by atoms with Crippen LogP contribution in [0, 0.1) is 17.5 Å². The molecular weight excluding hydrogens is 287 g/mol. The van der Waals surface area contributed by atoms with Crippen LogP contribution in [0.3, 0.4) is 0 Å². The zero-order valence-corrected chi connectivity index (χ0v) is 11.5. The molecule has 106 valence electrons. The maximum atomic E-state index is 13.9. The van der Waals surface area contributed by atoms with Gasteiger partial charge in [-0.15, -0.1) is 0 Å². The minimum Gasteiger partial charge on any atom is -0.306 e. The highest BCUT2D eigenvalue weighted by molar-refractivity contribution is 6.30. The molecule has 0 spiro atoms. The minimum absolute atomic E-state index is 0.175. The Hall–Kier alpha value is -1.52. The van der Waals surface area contributed by atoms with E-state index in [9.17, 15) is 13.2 Å². The third-order valence-electron chi connectivity index (χ3n) is 2.95. The SMILES string of the molecule is CCNC(c1ccc(F)cc1F)c1cc(Cl)ccc1F. The van der Waals surface area contributed by atoms with E-state index in [4.69, 9.17) is 11.6 Å². The van der Waals surface area contributed by atoms with E-state index in [1.807, 2.05) is 6.92 Å². The summed E-state index contributed by atoms with van der Waals surface area (Å²) in [6, 6.07) is 6.59. The standard InChI is InChI=1S/C15H13ClF3N/c1-2-20-15(11-5-4-10(17)8-14(11)19)12-7-9(16)3-6-13(12)18/h3-8,15,20H,2H2,1H3. The zero-order valence-electron chi connectivity index (χ0n) is 10.8. The second-order valence-electron chi connectivity index (χ2n) is 4.32. The summed E-state index contributed by atoms with van der Waals surface area (Å²) in [6.07, 6.45) is 0. The fourth-order valence-electron chi connectivity index (χ4n) is 2.06. The van der Waals surface area contributed by atoms with Gasteiger partial charge in [-0.25, -0.2) is 13.2 Å². The van der Waals surface area contributed by atoms with Crippen molar-refractivity contribution in [2.24, 2.45) is 0 Å². The number of nitrogens with one attached hydrogen (secondary N) is 1. The predicted molar refractivity (Wildman–Crippen MR) is 73.3 cm³/mol. The lowest BCUT2D eigenvalue weighted by molar-refractivity contribution is 0.522. The molecular formula is C15H13ClF3N. The first-order valence-electron chi connectivity index (χ1n) is 6.16. The summed E-state index contributed by atoms with van der Waals surface area (Å²) in [4.78, 5) is 0. The third kappa shape index (κ3) is 3.14. The lowest BCUT2D eigenvalue weighted by Gasteiger charge is -2.20. The van der Waals surface area contributed by atoms with Crippen LogP contribution in [0.15, 0.2) is 36.4 Å². The van der Waals surface area contributed by atoms with Gasteiger partial charge in [0.2, 0.25) is 0 Å². The summed E-state index contributed by atoms with van der Waals surface area (Å²) in [7, 11) is 0. The van der Waals surface area contributed by atoms with Crippen LogP contribution in [0.2, 0.25) is 5.02 Å². The highest BCUT2D eigenvalue weighted by Gasteiger charge is 2.21. The Bertz CT molecular complexity index is 616. The molecule has 1 N–H and O–H groups in total. The number of hydrogen-bond donors (Lipinski definition) is 1. The fourth-order valence-corrected chi connectivity index (χ4v) is 2.24. The van der Waals surface area contributed by atoms with E-state index >= 15 is 0 Å². The van der Waals surface area contributed by atoms with Gasteiger partial charge in [0.1, 0.15) is 17.5 Å². The van der Waals surface area contributed by atoms with Gasteiger partial charge < -0.3 is 5.32 Å². The Labute approximate surface area is 120 Å². The van der Waals surface area contributed by atoms with Crippen LogP contribution in [0.5, 0.6) is 0 Å². The molecule has 0 amide bonds. The lowest BCUT2D eigenvalue weighted by Crippen LogP contribution is -2.24. The molecule has 1 unspecified atom stereocenters. The van der Waals surface area contributed by atoms with Crippen molar-refractivity contribution in [1.82, 2.24) is 5.32 Å².